The van der Waals surface area contributed by atoms with E-state index >= 15 is 0 Å². The number of fused-ring (bicyclic) bond motifs is 1. The van der Waals surface area contributed by atoms with Crippen molar-refractivity contribution in [2.45, 2.75) is 31.3 Å². The van der Waals surface area contributed by atoms with Gasteiger partial charge in [0.05, 0.1) is 20.1 Å². The number of hydrogen-bond acceptors (Lipinski definition) is 3. The number of benzene rings is 1. The molecule has 0 aliphatic heterocycles. The molecule has 3 nitrogen and oxygen atoms in total. The molecule has 0 fully saturated rings. The molecule has 0 atom stereocenters. The van der Waals surface area contributed by atoms with Gasteiger partial charge < -0.3 is 14.2 Å². The van der Waals surface area contributed by atoms with Gasteiger partial charge in [0.25, 0.3) is 0 Å². The lowest BCUT2D eigenvalue weighted by Gasteiger charge is -2.25. The summed E-state index contributed by atoms with van der Waals surface area (Å²) in [5, 5.41) is 0. The zero-order valence-electron chi connectivity index (χ0n) is 12.8. The van der Waals surface area contributed by atoms with Crippen molar-refractivity contribution in [1.82, 2.24) is 0 Å². The maximum atomic E-state index is 5.71. The standard InChI is InChI=1S/C17H21ClO3/c1-19-15-11-13-5-8-17(21-3,7-4-10-18)9-6-14(13)12-16(15)20-2/h11-12H,5-6,8-10H2,1-3H3. The average Bonchev–Trinajstić information content (AvgIpc) is 2.71. The zero-order valence-corrected chi connectivity index (χ0v) is 13.5. The highest BCUT2D eigenvalue weighted by atomic mass is 35.5. The predicted octanol–water partition coefficient (Wildman–Crippen LogP) is 3.21. The number of alkyl halides is 1. The fourth-order valence-electron chi connectivity index (χ4n) is 2.80. The van der Waals surface area contributed by atoms with Crippen LogP contribution in [0.5, 0.6) is 11.5 Å². The van der Waals surface area contributed by atoms with E-state index in [4.69, 9.17) is 25.8 Å². The molecule has 0 unspecified atom stereocenters. The van der Waals surface area contributed by atoms with E-state index in [1.54, 1.807) is 21.3 Å². The third kappa shape index (κ3) is 3.45. The number of aryl methyl sites for hydroxylation is 2. The Morgan fingerprint density at radius 3 is 1.95 bits per heavy atom. The van der Waals surface area contributed by atoms with Crippen LogP contribution >= 0.6 is 11.6 Å². The van der Waals surface area contributed by atoms with Crippen LogP contribution in [-0.2, 0) is 17.6 Å². The lowest BCUT2D eigenvalue weighted by atomic mass is 9.94. The second kappa shape index (κ2) is 7.06. The van der Waals surface area contributed by atoms with Crippen molar-refractivity contribution in [3.8, 4) is 23.3 Å². The molecule has 4 heteroatoms. The summed E-state index contributed by atoms with van der Waals surface area (Å²) in [6.07, 6.45) is 3.52. The Balaban J connectivity index is 2.32. The molecule has 21 heavy (non-hydrogen) atoms. The minimum absolute atomic E-state index is 0.333. The SMILES string of the molecule is COc1cc2c(cc1OC)CCC(C#CCCl)(OC)CC2. The first-order valence-corrected chi connectivity index (χ1v) is 7.56. The molecule has 0 amide bonds. The molecule has 0 bridgehead atoms. The molecule has 1 aromatic rings. The van der Waals surface area contributed by atoms with Crippen molar-refractivity contribution >= 4 is 11.6 Å². The van der Waals surface area contributed by atoms with E-state index in [0.29, 0.717) is 5.88 Å². The van der Waals surface area contributed by atoms with Gasteiger partial charge in [0.15, 0.2) is 11.5 Å². The van der Waals surface area contributed by atoms with E-state index in [0.717, 1.165) is 37.2 Å². The number of methoxy groups -OCH3 is 3. The summed E-state index contributed by atoms with van der Waals surface area (Å²) in [4.78, 5) is 0. The van der Waals surface area contributed by atoms with E-state index < -0.39 is 5.60 Å². The van der Waals surface area contributed by atoms with E-state index in [-0.39, 0.29) is 0 Å². The first-order chi connectivity index (χ1) is 10.2. The van der Waals surface area contributed by atoms with Gasteiger partial charge >= 0.3 is 0 Å². The van der Waals surface area contributed by atoms with Gasteiger partial charge in [-0.15, -0.1) is 11.6 Å². The summed E-state index contributed by atoms with van der Waals surface area (Å²) in [5.41, 5.74) is 2.15. The summed E-state index contributed by atoms with van der Waals surface area (Å²) < 4.78 is 16.5. The molecule has 0 heterocycles. The third-order valence-electron chi connectivity index (χ3n) is 4.08. The monoisotopic (exact) mass is 308 g/mol. The molecule has 0 saturated carbocycles. The number of rotatable bonds is 3. The van der Waals surface area contributed by atoms with E-state index in [1.807, 2.05) is 0 Å². The number of hydrogen-bond donors (Lipinski definition) is 0. The lowest BCUT2D eigenvalue weighted by Crippen LogP contribution is -2.29. The van der Waals surface area contributed by atoms with Crippen LogP contribution in [0.15, 0.2) is 12.1 Å². The summed E-state index contributed by atoms with van der Waals surface area (Å²) in [6.45, 7) is 0. The maximum Gasteiger partial charge on any atom is 0.161 e. The largest absolute Gasteiger partial charge is 0.493 e. The molecule has 0 saturated heterocycles. The van der Waals surface area contributed by atoms with Crippen molar-refractivity contribution in [2.24, 2.45) is 0 Å². The minimum atomic E-state index is -0.408. The van der Waals surface area contributed by atoms with Gasteiger partial charge in [-0.3, -0.25) is 0 Å². The van der Waals surface area contributed by atoms with Gasteiger partial charge in [0.2, 0.25) is 0 Å². The molecule has 114 valence electrons. The molecule has 0 aromatic heterocycles. The third-order valence-corrected chi connectivity index (χ3v) is 4.21. The highest BCUT2D eigenvalue weighted by Crippen LogP contribution is 2.36. The summed E-state index contributed by atoms with van der Waals surface area (Å²) in [6, 6.07) is 4.13. The smallest absolute Gasteiger partial charge is 0.161 e. The van der Waals surface area contributed by atoms with Crippen LogP contribution in [0.3, 0.4) is 0 Å². The van der Waals surface area contributed by atoms with Crippen molar-refractivity contribution in [1.29, 1.82) is 0 Å². The van der Waals surface area contributed by atoms with Crippen LogP contribution in [-0.4, -0.2) is 32.8 Å². The molecule has 1 aliphatic carbocycles. The Morgan fingerprint density at radius 1 is 1.05 bits per heavy atom. The molecule has 0 N–H and O–H groups in total. The summed E-state index contributed by atoms with van der Waals surface area (Å²) in [7, 11) is 5.04. The Morgan fingerprint density at radius 2 is 1.57 bits per heavy atom. The molecule has 1 aliphatic rings. The number of ether oxygens (including phenoxy) is 3. The van der Waals surface area contributed by atoms with Gasteiger partial charge in [0.1, 0.15) is 5.60 Å². The summed E-state index contributed by atoms with van der Waals surface area (Å²) >= 11 is 5.69. The van der Waals surface area contributed by atoms with E-state index in [2.05, 4.69) is 24.0 Å². The van der Waals surface area contributed by atoms with Crippen LogP contribution in [0.1, 0.15) is 24.0 Å². The van der Waals surface area contributed by atoms with Crippen molar-refractivity contribution < 1.29 is 14.2 Å². The van der Waals surface area contributed by atoms with Gasteiger partial charge in [-0.1, -0.05) is 11.8 Å². The Labute approximate surface area is 131 Å². The second-order valence-electron chi connectivity index (χ2n) is 5.11. The molecule has 0 spiro atoms. The Kier molecular flexibility index (Phi) is 5.39. The average molecular weight is 309 g/mol. The lowest BCUT2D eigenvalue weighted by molar-refractivity contribution is 0.0289. The van der Waals surface area contributed by atoms with Crippen molar-refractivity contribution in [2.75, 3.05) is 27.2 Å². The normalized spacial score (nSPS) is 16.2. The van der Waals surface area contributed by atoms with E-state index in [1.165, 1.54) is 11.1 Å². The molecular weight excluding hydrogens is 288 g/mol. The van der Waals surface area contributed by atoms with Crippen molar-refractivity contribution in [3.05, 3.63) is 23.3 Å². The first kappa shape index (κ1) is 16.0. The fraction of sp³-hybridized carbons (Fsp3) is 0.529. The fourth-order valence-corrected chi connectivity index (χ4v) is 2.87. The predicted molar refractivity (Wildman–Crippen MR) is 84.4 cm³/mol. The highest BCUT2D eigenvalue weighted by molar-refractivity contribution is 6.19. The zero-order chi connectivity index (χ0) is 15.3. The van der Waals surface area contributed by atoms with Gasteiger partial charge in [-0.05, 0) is 48.9 Å². The van der Waals surface area contributed by atoms with E-state index in [9.17, 15) is 0 Å². The van der Waals surface area contributed by atoms with Crippen LogP contribution in [0.25, 0.3) is 0 Å². The topological polar surface area (TPSA) is 27.7 Å². The minimum Gasteiger partial charge on any atom is -0.493 e. The molecule has 2 rings (SSSR count). The van der Waals surface area contributed by atoms with Crippen LogP contribution < -0.4 is 9.47 Å². The Bertz CT molecular complexity index is 522. The first-order valence-electron chi connectivity index (χ1n) is 7.03. The maximum absolute atomic E-state index is 5.71. The molecule has 1 aromatic carbocycles. The van der Waals surface area contributed by atoms with Crippen LogP contribution in [0.4, 0.5) is 0 Å². The van der Waals surface area contributed by atoms with Gasteiger partial charge in [0, 0.05) is 7.11 Å². The molecular formula is C17H21ClO3. The summed E-state index contributed by atoms with van der Waals surface area (Å²) in [5.74, 6) is 8.03. The number of halogens is 1. The molecule has 0 radical (unpaired) electrons. The van der Waals surface area contributed by atoms with Crippen molar-refractivity contribution in [3.63, 3.8) is 0 Å². The van der Waals surface area contributed by atoms with Crippen LogP contribution in [0.2, 0.25) is 0 Å². The van der Waals surface area contributed by atoms with Gasteiger partial charge in [-0.25, -0.2) is 0 Å². The quantitative estimate of drug-likeness (QED) is 0.487. The Hall–Kier alpha value is -1.37. The highest BCUT2D eigenvalue weighted by Gasteiger charge is 2.30. The van der Waals surface area contributed by atoms with Crippen LogP contribution in [0, 0.1) is 11.8 Å². The van der Waals surface area contributed by atoms with Gasteiger partial charge in [-0.2, -0.15) is 0 Å². The second-order valence-corrected chi connectivity index (χ2v) is 5.38.